The molecule has 13 rings (SSSR count). The summed E-state index contributed by atoms with van der Waals surface area (Å²) in [5.74, 6) is 2.16. The second-order valence-electron chi connectivity index (χ2n) is 18.1. The zero-order chi connectivity index (χ0) is 36.5. The Bertz CT molecular complexity index is 2040. The van der Waals surface area contributed by atoms with Gasteiger partial charge in [0.15, 0.2) is 0 Å². The lowest BCUT2D eigenvalue weighted by molar-refractivity contribution is -0.00801. The minimum absolute atomic E-state index is 0.0614. The molecule has 4 heteroatoms. The van der Waals surface area contributed by atoms with Crippen LogP contribution in [0.15, 0.2) is 146 Å². The molecule has 10 unspecified atom stereocenters. The molecule has 0 aromatic heterocycles. The van der Waals surface area contributed by atoms with Crippen molar-refractivity contribution in [1.29, 1.82) is 0 Å². The molecule has 6 aliphatic carbocycles. The topological polar surface area (TPSA) is 52.6 Å². The summed E-state index contributed by atoms with van der Waals surface area (Å²) >= 11 is 0. The van der Waals surface area contributed by atoms with Crippen LogP contribution in [-0.4, -0.2) is 24.1 Å². The van der Waals surface area contributed by atoms with Gasteiger partial charge < -0.3 is 9.47 Å². The molecule has 5 aromatic carbocycles. The largest absolute Gasteiger partial charge is 0.458 e. The molecule has 0 N–H and O–H groups in total. The molecule has 2 heterocycles. The van der Waals surface area contributed by atoms with Crippen molar-refractivity contribution in [3.63, 3.8) is 0 Å². The SMILES string of the molecule is O=C1OC2CCC3C2C2CC(c4ccccc4)(c4ccccc4)C3C23C2CC(c4ccccc4)(c4ccccc4)C3C3CCC(OC(=O)c4ccc1cc4)C32. The summed E-state index contributed by atoms with van der Waals surface area (Å²) in [4.78, 5) is 28.1. The van der Waals surface area contributed by atoms with Crippen molar-refractivity contribution in [3.8, 4) is 0 Å². The van der Waals surface area contributed by atoms with Crippen molar-refractivity contribution in [2.24, 2.45) is 52.8 Å². The number of fused-ring (bicyclic) bond motifs is 6. The monoisotopic (exact) mass is 722 g/mol. The van der Waals surface area contributed by atoms with Gasteiger partial charge in [-0.1, -0.05) is 121 Å². The van der Waals surface area contributed by atoms with Gasteiger partial charge in [0.05, 0.1) is 11.1 Å². The zero-order valence-electron chi connectivity index (χ0n) is 31.0. The van der Waals surface area contributed by atoms with Gasteiger partial charge in [-0.3, -0.25) is 0 Å². The van der Waals surface area contributed by atoms with Crippen molar-refractivity contribution < 1.29 is 19.1 Å². The normalized spacial score (nSPS) is 36.7. The minimum atomic E-state index is -0.273. The Morgan fingerprint density at radius 2 is 0.745 bits per heavy atom. The highest BCUT2D eigenvalue weighted by Gasteiger charge is 2.87. The van der Waals surface area contributed by atoms with E-state index in [1.807, 2.05) is 0 Å². The van der Waals surface area contributed by atoms with Gasteiger partial charge in [-0.2, -0.15) is 0 Å². The average Bonchev–Trinajstić information content (AvgIpc) is 4.08. The van der Waals surface area contributed by atoms with Crippen LogP contribution in [0.4, 0.5) is 0 Å². The van der Waals surface area contributed by atoms with Crippen LogP contribution in [0.25, 0.3) is 0 Å². The third-order valence-corrected chi connectivity index (χ3v) is 16.7. The van der Waals surface area contributed by atoms with E-state index >= 15 is 0 Å². The van der Waals surface area contributed by atoms with Crippen LogP contribution in [0.5, 0.6) is 0 Å². The number of hydrogen-bond acceptors (Lipinski definition) is 4. The van der Waals surface area contributed by atoms with Gasteiger partial charge >= 0.3 is 11.9 Å². The number of benzene rings is 5. The molecule has 0 radical (unpaired) electrons. The highest BCUT2D eigenvalue weighted by Crippen LogP contribution is 2.89. The summed E-state index contributed by atoms with van der Waals surface area (Å²) < 4.78 is 13.4. The molecule has 8 aliphatic rings. The van der Waals surface area contributed by atoms with Gasteiger partial charge in [0, 0.05) is 22.7 Å². The van der Waals surface area contributed by atoms with Crippen molar-refractivity contribution in [2.45, 2.75) is 61.6 Å². The van der Waals surface area contributed by atoms with E-state index in [9.17, 15) is 9.59 Å². The Labute approximate surface area is 323 Å². The standard InChI is InChI=1S/C51H46O4/c52-47-31-21-23-32(24-22-31)48(53)55-42-28-26-38-44(42)40-30-50(35-17-9-3-10-18-35,36-19-11-4-12-20-36)46(38)51(40)39-29-49(33-13-5-1-6-14-33,34-15-7-2-8-16-34)45(51)37-25-27-41(54-47)43(37)39/h1-24,37-46H,25-30H2. The van der Waals surface area contributed by atoms with Crippen LogP contribution in [-0.2, 0) is 20.3 Å². The Kier molecular flexibility index (Phi) is 6.78. The summed E-state index contributed by atoms with van der Waals surface area (Å²) in [5.41, 5.74) is 6.24. The van der Waals surface area contributed by atoms with E-state index in [1.165, 1.54) is 22.3 Å². The third-order valence-electron chi connectivity index (χ3n) is 16.7. The first kappa shape index (κ1) is 32.3. The molecule has 274 valence electrons. The predicted molar refractivity (Wildman–Crippen MR) is 210 cm³/mol. The van der Waals surface area contributed by atoms with Crippen LogP contribution in [0.1, 0.15) is 81.5 Å². The van der Waals surface area contributed by atoms with Gasteiger partial charge in [0.2, 0.25) is 0 Å². The van der Waals surface area contributed by atoms with Crippen molar-refractivity contribution in [1.82, 2.24) is 0 Å². The zero-order valence-corrected chi connectivity index (χ0v) is 31.0. The van der Waals surface area contributed by atoms with Gasteiger partial charge in [0.25, 0.3) is 0 Å². The molecular formula is C51H46O4. The summed E-state index contributed by atoms with van der Waals surface area (Å²) in [6.07, 6.45) is 5.72. The van der Waals surface area contributed by atoms with Crippen LogP contribution in [0, 0.1) is 52.8 Å². The fourth-order valence-electron chi connectivity index (χ4n) is 15.8. The first-order valence-corrected chi connectivity index (χ1v) is 20.8. The Balaban J connectivity index is 1.16. The minimum Gasteiger partial charge on any atom is -0.458 e. The molecule has 4 nitrogen and oxygen atoms in total. The van der Waals surface area contributed by atoms with Gasteiger partial charge in [-0.15, -0.1) is 0 Å². The molecule has 55 heavy (non-hydrogen) atoms. The average molecular weight is 723 g/mol. The molecule has 0 saturated heterocycles. The molecule has 6 saturated carbocycles. The molecule has 2 aliphatic heterocycles. The van der Waals surface area contributed by atoms with E-state index in [0.717, 1.165) is 38.5 Å². The lowest BCUT2D eigenvalue weighted by atomic mass is 9.53. The Morgan fingerprint density at radius 1 is 0.418 bits per heavy atom. The van der Waals surface area contributed by atoms with Crippen molar-refractivity contribution >= 4 is 11.9 Å². The number of ether oxygens (including phenoxy) is 2. The highest BCUT2D eigenvalue weighted by atomic mass is 16.5. The van der Waals surface area contributed by atoms with Crippen molar-refractivity contribution in [2.75, 3.05) is 0 Å². The molecule has 0 amide bonds. The Hall–Kier alpha value is -4.96. The van der Waals surface area contributed by atoms with E-state index in [-0.39, 0.29) is 52.2 Å². The fourth-order valence-corrected chi connectivity index (χ4v) is 15.8. The van der Waals surface area contributed by atoms with E-state index < -0.39 is 0 Å². The number of carbonyl (C=O) groups is 2. The van der Waals surface area contributed by atoms with Crippen LogP contribution in [0.2, 0.25) is 0 Å². The van der Waals surface area contributed by atoms with Crippen LogP contribution >= 0.6 is 0 Å². The van der Waals surface area contributed by atoms with Gasteiger partial charge in [0.1, 0.15) is 12.2 Å². The second kappa shape index (κ2) is 11.5. The van der Waals surface area contributed by atoms with Crippen LogP contribution in [0.3, 0.4) is 0 Å². The third kappa shape index (κ3) is 3.98. The number of hydrogen-bond donors (Lipinski definition) is 0. The van der Waals surface area contributed by atoms with Crippen molar-refractivity contribution in [3.05, 3.63) is 179 Å². The lowest BCUT2D eigenvalue weighted by Crippen LogP contribution is -2.47. The maximum Gasteiger partial charge on any atom is 0.338 e. The summed E-state index contributed by atoms with van der Waals surface area (Å²) in [6, 6.07) is 52.8. The highest BCUT2D eigenvalue weighted by molar-refractivity contribution is 5.93. The predicted octanol–water partition coefficient (Wildman–Crippen LogP) is 10.1. The van der Waals surface area contributed by atoms with E-state index in [1.54, 1.807) is 24.3 Å². The fraction of sp³-hybridized carbons (Fsp3) is 0.373. The molecule has 5 aromatic rings. The summed E-state index contributed by atoms with van der Waals surface area (Å²) in [7, 11) is 0. The second-order valence-corrected chi connectivity index (χ2v) is 18.1. The van der Waals surface area contributed by atoms with Crippen LogP contribution < -0.4 is 0 Å². The summed E-state index contributed by atoms with van der Waals surface area (Å²) in [6.45, 7) is 0. The number of rotatable bonds is 4. The maximum absolute atomic E-state index is 14.0. The molecule has 9 bridgehead atoms. The molecule has 6 fully saturated rings. The maximum atomic E-state index is 14.0. The number of carbonyl (C=O) groups excluding carboxylic acids is 2. The quantitative estimate of drug-likeness (QED) is 0.173. The van der Waals surface area contributed by atoms with E-state index in [4.69, 9.17) is 9.47 Å². The van der Waals surface area contributed by atoms with E-state index in [2.05, 4.69) is 121 Å². The summed E-state index contributed by atoms with van der Waals surface area (Å²) in [5, 5.41) is 0. The van der Waals surface area contributed by atoms with Gasteiger partial charge in [-0.05, 0) is 126 Å². The smallest absolute Gasteiger partial charge is 0.338 e. The molecule has 1 spiro atoms. The Morgan fingerprint density at radius 3 is 1.07 bits per heavy atom. The van der Waals surface area contributed by atoms with Gasteiger partial charge in [-0.25, -0.2) is 9.59 Å². The molecular weight excluding hydrogens is 677 g/mol. The number of esters is 2. The first-order chi connectivity index (χ1) is 27.1. The lowest BCUT2D eigenvalue weighted by Gasteiger charge is -2.49. The molecule has 10 atom stereocenters. The van der Waals surface area contributed by atoms with E-state index in [0.29, 0.717) is 46.6 Å². The first-order valence-electron chi connectivity index (χ1n) is 20.8.